The molecule has 0 unspecified atom stereocenters. The van der Waals surface area contributed by atoms with E-state index in [4.69, 9.17) is 9.84 Å². The van der Waals surface area contributed by atoms with E-state index in [1.165, 1.54) is 32.2 Å². The number of methoxy groups -OCH3 is 1. The van der Waals surface area contributed by atoms with Crippen molar-refractivity contribution >= 4 is 36.4 Å². The summed E-state index contributed by atoms with van der Waals surface area (Å²) in [6.45, 7) is 1.49. The smallest absolute Gasteiger partial charge is 0.335 e. The van der Waals surface area contributed by atoms with Crippen LogP contribution in [0.1, 0.15) is 22.8 Å². The minimum atomic E-state index is -1.28. The summed E-state index contributed by atoms with van der Waals surface area (Å²) >= 11 is 4.02. The highest BCUT2D eigenvalue weighted by molar-refractivity contribution is 7.80. The second-order valence-electron chi connectivity index (χ2n) is 5.75. The third kappa shape index (κ3) is 6.91. The van der Waals surface area contributed by atoms with Crippen molar-refractivity contribution in [2.24, 2.45) is 0 Å². The number of rotatable bonds is 10. The molecule has 0 aromatic heterocycles. The van der Waals surface area contributed by atoms with Gasteiger partial charge in [0.15, 0.2) is 6.04 Å². The molecule has 2 amide bonds. The normalized spacial score (nSPS) is 13.9. The number of carbonyl (C=O) groups excluding carboxylic acids is 2. The van der Waals surface area contributed by atoms with Gasteiger partial charge in [0.05, 0.1) is 18.1 Å². The fourth-order valence-electron chi connectivity index (χ4n) is 2.21. The van der Waals surface area contributed by atoms with Gasteiger partial charge >= 0.3 is 11.9 Å². The lowest BCUT2D eigenvalue weighted by atomic mass is 10.1. The standard InChI is InChI=1S/C17H22N2O7S/c1-9(26-2)14(17(24)25)19-15(21)12(8-27)18-13(20)7-10-4-3-5-11(6-10)16(22)23/h3-6,9,12,14,27H,7-8H2,1-2H3,(H,18,20)(H,19,21)(H,22,23)(H,24,25)/t9-,12+,14-/m1/s1. The molecule has 27 heavy (non-hydrogen) atoms. The Morgan fingerprint density at radius 1 is 1.19 bits per heavy atom. The summed E-state index contributed by atoms with van der Waals surface area (Å²) in [4.78, 5) is 46.6. The maximum atomic E-state index is 12.3. The Bertz CT molecular complexity index is 710. The molecule has 0 aliphatic carbocycles. The van der Waals surface area contributed by atoms with E-state index in [9.17, 15) is 24.3 Å². The van der Waals surface area contributed by atoms with Crippen LogP contribution >= 0.6 is 12.6 Å². The average Bonchev–Trinajstić information content (AvgIpc) is 2.63. The van der Waals surface area contributed by atoms with E-state index in [1.807, 2.05) is 0 Å². The predicted octanol–water partition coefficient (Wildman–Crippen LogP) is -0.0538. The molecule has 0 aliphatic heterocycles. The van der Waals surface area contributed by atoms with Crippen LogP contribution in [0.2, 0.25) is 0 Å². The minimum absolute atomic E-state index is 0.0432. The summed E-state index contributed by atoms with van der Waals surface area (Å²) in [6.07, 6.45) is -0.920. The van der Waals surface area contributed by atoms with Crippen LogP contribution in [0.4, 0.5) is 0 Å². The molecule has 0 saturated heterocycles. The number of ether oxygens (including phenoxy) is 1. The first-order chi connectivity index (χ1) is 12.7. The van der Waals surface area contributed by atoms with Gasteiger partial charge in [0, 0.05) is 12.9 Å². The van der Waals surface area contributed by atoms with Crippen molar-refractivity contribution in [1.29, 1.82) is 0 Å². The number of hydrogen-bond donors (Lipinski definition) is 5. The zero-order valence-corrected chi connectivity index (χ0v) is 15.7. The highest BCUT2D eigenvalue weighted by Crippen LogP contribution is 2.07. The molecule has 10 heteroatoms. The van der Waals surface area contributed by atoms with Crippen LogP contribution in [0.15, 0.2) is 24.3 Å². The lowest BCUT2D eigenvalue weighted by Gasteiger charge is -2.23. The lowest BCUT2D eigenvalue weighted by Crippen LogP contribution is -2.55. The molecular formula is C17H22N2O7S. The molecule has 0 aliphatic rings. The topological polar surface area (TPSA) is 142 Å². The second kappa shape index (κ2) is 10.5. The third-order valence-electron chi connectivity index (χ3n) is 3.78. The highest BCUT2D eigenvalue weighted by atomic mass is 32.1. The molecule has 3 atom stereocenters. The van der Waals surface area contributed by atoms with E-state index in [1.54, 1.807) is 6.07 Å². The van der Waals surface area contributed by atoms with E-state index < -0.39 is 41.9 Å². The van der Waals surface area contributed by atoms with Crippen molar-refractivity contribution in [3.8, 4) is 0 Å². The fraction of sp³-hybridized carbons (Fsp3) is 0.412. The Labute approximate surface area is 161 Å². The number of aromatic carboxylic acids is 1. The average molecular weight is 398 g/mol. The molecule has 0 heterocycles. The summed E-state index contributed by atoms with van der Waals surface area (Å²) in [6, 6.07) is 3.51. The van der Waals surface area contributed by atoms with Gasteiger partial charge in [-0.25, -0.2) is 9.59 Å². The van der Waals surface area contributed by atoms with Gasteiger partial charge < -0.3 is 25.6 Å². The molecule has 1 rings (SSSR count). The van der Waals surface area contributed by atoms with Crippen molar-refractivity contribution in [2.45, 2.75) is 31.5 Å². The van der Waals surface area contributed by atoms with E-state index in [0.717, 1.165) is 0 Å². The first-order valence-corrected chi connectivity index (χ1v) is 8.61. The zero-order chi connectivity index (χ0) is 20.6. The molecule has 0 saturated carbocycles. The number of thiol groups is 1. The number of carboxylic acids is 2. The number of amides is 2. The first kappa shape index (κ1) is 22.5. The Kier molecular flexibility index (Phi) is 8.76. The monoisotopic (exact) mass is 398 g/mol. The van der Waals surface area contributed by atoms with Gasteiger partial charge in [-0.2, -0.15) is 12.6 Å². The van der Waals surface area contributed by atoms with Crippen molar-refractivity contribution in [3.05, 3.63) is 35.4 Å². The van der Waals surface area contributed by atoms with Gasteiger partial charge in [-0.3, -0.25) is 9.59 Å². The predicted molar refractivity (Wildman–Crippen MR) is 98.9 cm³/mol. The largest absolute Gasteiger partial charge is 0.480 e. The van der Waals surface area contributed by atoms with Crippen molar-refractivity contribution < 1.29 is 34.1 Å². The number of carbonyl (C=O) groups is 4. The van der Waals surface area contributed by atoms with Crippen molar-refractivity contribution in [3.63, 3.8) is 0 Å². The molecule has 4 N–H and O–H groups in total. The Morgan fingerprint density at radius 3 is 2.37 bits per heavy atom. The van der Waals surface area contributed by atoms with Crippen LogP contribution in [0.3, 0.4) is 0 Å². The summed E-state index contributed by atoms with van der Waals surface area (Å²) in [5, 5.41) is 22.9. The zero-order valence-electron chi connectivity index (χ0n) is 14.8. The van der Waals surface area contributed by atoms with Gasteiger partial charge in [0.25, 0.3) is 0 Å². The second-order valence-corrected chi connectivity index (χ2v) is 6.12. The van der Waals surface area contributed by atoms with Gasteiger partial charge in [0.2, 0.25) is 11.8 Å². The maximum absolute atomic E-state index is 12.3. The maximum Gasteiger partial charge on any atom is 0.335 e. The highest BCUT2D eigenvalue weighted by Gasteiger charge is 2.29. The first-order valence-electron chi connectivity index (χ1n) is 7.98. The lowest BCUT2D eigenvalue weighted by molar-refractivity contribution is -0.145. The van der Waals surface area contributed by atoms with Crippen LogP contribution in [0.25, 0.3) is 0 Å². The van der Waals surface area contributed by atoms with Crippen molar-refractivity contribution in [2.75, 3.05) is 12.9 Å². The van der Waals surface area contributed by atoms with Gasteiger partial charge in [0.1, 0.15) is 6.04 Å². The Morgan fingerprint density at radius 2 is 1.85 bits per heavy atom. The Hall–Kier alpha value is -2.59. The van der Waals surface area contributed by atoms with Crippen LogP contribution in [-0.2, 0) is 25.5 Å². The molecule has 1 aromatic rings. The Balaban J connectivity index is 2.74. The summed E-state index contributed by atoms with van der Waals surface area (Å²) < 4.78 is 4.93. The van der Waals surface area contributed by atoms with Crippen LogP contribution in [0, 0.1) is 0 Å². The van der Waals surface area contributed by atoms with Crippen LogP contribution in [-0.4, -0.2) is 65.0 Å². The van der Waals surface area contributed by atoms with Gasteiger partial charge in [-0.15, -0.1) is 0 Å². The fourth-order valence-corrected chi connectivity index (χ4v) is 2.47. The molecule has 148 valence electrons. The summed E-state index contributed by atoms with van der Waals surface area (Å²) in [5.74, 6) is -3.68. The molecule has 1 aromatic carbocycles. The molecule has 9 nitrogen and oxygen atoms in total. The summed E-state index contributed by atoms with van der Waals surface area (Å²) in [7, 11) is 1.32. The van der Waals surface area contributed by atoms with Crippen molar-refractivity contribution in [1.82, 2.24) is 10.6 Å². The quantitative estimate of drug-likeness (QED) is 0.348. The molecular weight excluding hydrogens is 376 g/mol. The van der Waals surface area contributed by atoms with Gasteiger partial charge in [-0.1, -0.05) is 12.1 Å². The van der Waals surface area contributed by atoms with Crippen LogP contribution in [0.5, 0.6) is 0 Å². The minimum Gasteiger partial charge on any atom is -0.480 e. The number of nitrogens with one attached hydrogen (secondary N) is 2. The van der Waals surface area contributed by atoms with Gasteiger partial charge in [-0.05, 0) is 24.6 Å². The van der Waals surface area contributed by atoms with E-state index in [0.29, 0.717) is 5.56 Å². The van der Waals surface area contributed by atoms with E-state index in [2.05, 4.69) is 23.3 Å². The van der Waals surface area contributed by atoms with Crippen LogP contribution < -0.4 is 10.6 Å². The number of hydrogen-bond acceptors (Lipinski definition) is 6. The number of aliphatic carboxylic acids is 1. The molecule has 0 spiro atoms. The van der Waals surface area contributed by atoms with E-state index in [-0.39, 0.29) is 17.7 Å². The molecule has 0 fully saturated rings. The molecule has 0 radical (unpaired) electrons. The number of benzene rings is 1. The SMILES string of the molecule is CO[C@H](C)[C@@H](NC(=O)[C@H](CS)NC(=O)Cc1cccc(C(=O)O)c1)C(=O)O. The van der Waals surface area contributed by atoms with E-state index >= 15 is 0 Å². The molecule has 0 bridgehead atoms. The summed E-state index contributed by atoms with van der Waals surface area (Å²) in [5.41, 5.74) is 0.504. The third-order valence-corrected chi connectivity index (χ3v) is 4.14. The number of carboxylic acid groups (broad SMARTS) is 2.